The summed E-state index contributed by atoms with van der Waals surface area (Å²) in [7, 11) is 0. The first-order chi connectivity index (χ1) is 9.20. The zero-order valence-corrected chi connectivity index (χ0v) is 10.6. The van der Waals surface area contributed by atoms with Crippen molar-refractivity contribution in [3.63, 3.8) is 0 Å². The molecule has 1 aliphatic heterocycles. The minimum absolute atomic E-state index is 0.0482. The molecule has 0 spiro atoms. The zero-order valence-electron chi connectivity index (χ0n) is 10.6. The van der Waals surface area contributed by atoms with Crippen molar-refractivity contribution in [1.29, 1.82) is 0 Å². The van der Waals surface area contributed by atoms with Gasteiger partial charge in [-0.05, 0) is 6.92 Å². The van der Waals surface area contributed by atoms with Crippen LogP contribution in [0.25, 0.3) is 0 Å². The van der Waals surface area contributed by atoms with Crippen LogP contribution in [0.5, 0.6) is 5.75 Å². The molecule has 0 saturated heterocycles. The molecule has 19 heavy (non-hydrogen) atoms. The lowest BCUT2D eigenvalue weighted by Gasteiger charge is -2.07. The second-order valence-corrected chi connectivity index (χ2v) is 4.43. The van der Waals surface area contributed by atoms with Gasteiger partial charge in [0, 0.05) is 18.2 Å². The fourth-order valence-electron chi connectivity index (χ4n) is 2.42. The fraction of sp³-hybridized carbons (Fsp3) is 0.200. The number of hydrogen-bond acceptors (Lipinski definition) is 3. The first kappa shape index (κ1) is 11.7. The molecular weight excluding hydrogens is 242 g/mol. The Bertz CT molecular complexity index is 656. The predicted octanol–water partition coefficient (Wildman–Crippen LogP) is 2.20. The summed E-state index contributed by atoms with van der Waals surface area (Å²) < 4.78 is 6.96. The van der Waals surface area contributed by atoms with Gasteiger partial charge >= 0.3 is 5.97 Å². The minimum Gasteiger partial charge on any atom is -0.424 e. The molecule has 0 saturated carbocycles. The Morgan fingerprint density at radius 3 is 2.74 bits per heavy atom. The number of fused-ring (bicyclic) bond motifs is 1. The summed E-state index contributed by atoms with van der Waals surface area (Å²) in [6.45, 7) is 2.59. The van der Waals surface area contributed by atoms with Gasteiger partial charge in [0.1, 0.15) is 0 Å². The van der Waals surface area contributed by atoms with Gasteiger partial charge in [-0.25, -0.2) is 0 Å². The SMILES string of the molecule is CCn1c(C(=O)c2ccccc2)cc2c1CC(=O)O2. The van der Waals surface area contributed by atoms with E-state index in [0.717, 1.165) is 5.69 Å². The van der Waals surface area contributed by atoms with Crippen LogP contribution in [-0.2, 0) is 17.8 Å². The van der Waals surface area contributed by atoms with Crippen molar-refractivity contribution in [1.82, 2.24) is 4.57 Å². The molecule has 2 heterocycles. The van der Waals surface area contributed by atoms with Crippen molar-refractivity contribution in [2.75, 3.05) is 0 Å². The molecule has 3 rings (SSSR count). The highest BCUT2D eigenvalue weighted by Gasteiger charge is 2.28. The topological polar surface area (TPSA) is 48.3 Å². The maximum absolute atomic E-state index is 12.5. The summed E-state index contributed by atoms with van der Waals surface area (Å²) in [5.74, 6) is 0.213. The second kappa shape index (κ2) is 4.39. The van der Waals surface area contributed by atoms with E-state index in [9.17, 15) is 9.59 Å². The number of aromatic nitrogens is 1. The quantitative estimate of drug-likeness (QED) is 0.624. The van der Waals surface area contributed by atoms with E-state index in [-0.39, 0.29) is 18.2 Å². The van der Waals surface area contributed by atoms with E-state index in [0.29, 0.717) is 23.6 Å². The van der Waals surface area contributed by atoms with Gasteiger partial charge in [0.25, 0.3) is 0 Å². The van der Waals surface area contributed by atoms with Crippen molar-refractivity contribution in [2.45, 2.75) is 19.9 Å². The Morgan fingerprint density at radius 1 is 1.32 bits per heavy atom. The molecule has 1 aromatic carbocycles. The van der Waals surface area contributed by atoms with Crippen molar-refractivity contribution in [3.05, 3.63) is 53.3 Å². The van der Waals surface area contributed by atoms with Crippen molar-refractivity contribution < 1.29 is 14.3 Å². The van der Waals surface area contributed by atoms with Gasteiger partial charge < -0.3 is 9.30 Å². The Labute approximate surface area is 110 Å². The van der Waals surface area contributed by atoms with E-state index >= 15 is 0 Å². The molecule has 96 valence electrons. The van der Waals surface area contributed by atoms with Crippen LogP contribution < -0.4 is 4.74 Å². The van der Waals surface area contributed by atoms with E-state index in [2.05, 4.69) is 0 Å². The number of rotatable bonds is 3. The fourth-order valence-corrected chi connectivity index (χ4v) is 2.42. The highest BCUT2D eigenvalue weighted by atomic mass is 16.5. The normalized spacial score (nSPS) is 13.2. The third kappa shape index (κ3) is 1.85. The molecule has 0 aliphatic carbocycles. The summed E-state index contributed by atoms with van der Waals surface area (Å²) in [6.07, 6.45) is 0.241. The highest BCUT2D eigenvalue weighted by Crippen LogP contribution is 2.31. The monoisotopic (exact) mass is 255 g/mol. The number of carbonyl (C=O) groups excluding carboxylic acids is 2. The van der Waals surface area contributed by atoms with Gasteiger partial charge in [0.15, 0.2) is 5.75 Å². The molecule has 0 amide bonds. The Hall–Kier alpha value is -2.36. The predicted molar refractivity (Wildman–Crippen MR) is 69.3 cm³/mol. The molecule has 0 atom stereocenters. The van der Waals surface area contributed by atoms with E-state index in [4.69, 9.17) is 4.74 Å². The van der Waals surface area contributed by atoms with Crippen LogP contribution in [0.4, 0.5) is 0 Å². The lowest BCUT2D eigenvalue weighted by molar-refractivity contribution is -0.131. The summed E-state index contributed by atoms with van der Waals surface area (Å²) in [6, 6.07) is 10.8. The summed E-state index contributed by atoms with van der Waals surface area (Å²) in [5, 5.41) is 0. The van der Waals surface area contributed by atoms with E-state index in [1.165, 1.54) is 0 Å². The van der Waals surface area contributed by atoms with Gasteiger partial charge in [-0.15, -0.1) is 0 Å². The average Bonchev–Trinajstić information content (AvgIpc) is 2.94. The van der Waals surface area contributed by atoms with Gasteiger partial charge in [-0.3, -0.25) is 9.59 Å². The molecular formula is C15H13NO3. The third-order valence-electron chi connectivity index (χ3n) is 3.29. The standard InChI is InChI=1S/C15H13NO3/c1-2-16-11-9-14(17)19-13(11)8-12(16)15(18)10-6-4-3-5-7-10/h3-8H,2,9H2,1H3. The number of hydrogen-bond donors (Lipinski definition) is 0. The second-order valence-electron chi connectivity index (χ2n) is 4.43. The number of carbonyl (C=O) groups is 2. The number of esters is 1. The van der Waals surface area contributed by atoms with E-state index in [1.807, 2.05) is 29.7 Å². The Balaban J connectivity index is 2.05. The summed E-state index contributed by atoms with van der Waals surface area (Å²) >= 11 is 0. The van der Waals surface area contributed by atoms with Crippen LogP contribution in [0.2, 0.25) is 0 Å². The Kier molecular flexibility index (Phi) is 2.71. The number of benzene rings is 1. The van der Waals surface area contributed by atoms with Crippen LogP contribution >= 0.6 is 0 Å². The summed E-state index contributed by atoms with van der Waals surface area (Å²) in [4.78, 5) is 23.7. The minimum atomic E-state index is -0.258. The largest absolute Gasteiger partial charge is 0.424 e. The first-order valence-corrected chi connectivity index (χ1v) is 6.23. The number of nitrogens with zero attached hydrogens (tertiary/aromatic N) is 1. The van der Waals surface area contributed by atoms with E-state index < -0.39 is 0 Å². The number of ether oxygens (including phenoxy) is 1. The van der Waals surface area contributed by atoms with Crippen LogP contribution in [-0.4, -0.2) is 16.3 Å². The first-order valence-electron chi connectivity index (χ1n) is 6.23. The molecule has 1 aromatic heterocycles. The van der Waals surface area contributed by atoms with Crippen molar-refractivity contribution in [3.8, 4) is 5.75 Å². The van der Waals surface area contributed by atoms with Crippen molar-refractivity contribution >= 4 is 11.8 Å². The lowest BCUT2D eigenvalue weighted by atomic mass is 10.1. The van der Waals surface area contributed by atoms with Gasteiger partial charge in [0.2, 0.25) is 5.78 Å². The van der Waals surface area contributed by atoms with Crippen molar-refractivity contribution in [2.24, 2.45) is 0 Å². The van der Waals surface area contributed by atoms with Crippen LogP contribution in [0.15, 0.2) is 36.4 Å². The average molecular weight is 255 g/mol. The van der Waals surface area contributed by atoms with Crippen LogP contribution in [0.3, 0.4) is 0 Å². The highest BCUT2D eigenvalue weighted by molar-refractivity contribution is 6.08. The van der Waals surface area contributed by atoms with E-state index in [1.54, 1.807) is 18.2 Å². The molecule has 4 nitrogen and oxygen atoms in total. The summed E-state index contributed by atoms with van der Waals surface area (Å²) in [5.41, 5.74) is 2.01. The van der Waals surface area contributed by atoms with Gasteiger partial charge in [-0.1, -0.05) is 30.3 Å². The molecule has 0 N–H and O–H groups in total. The smallest absolute Gasteiger partial charge is 0.317 e. The number of ketones is 1. The van der Waals surface area contributed by atoms with Gasteiger partial charge in [0.05, 0.1) is 17.8 Å². The molecule has 0 radical (unpaired) electrons. The molecule has 2 aromatic rings. The van der Waals surface area contributed by atoms with Crippen LogP contribution in [0, 0.1) is 0 Å². The lowest BCUT2D eigenvalue weighted by Crippen LogP contribution is -2.13. The third-order valence-corrected chi connectivity index (χ3v) is 3.29. The molecule has 0 unspecified atom stereocenters. The molecule has 0 bridgehead atoms. The molecule has 4 heteroatoms. The Morgan fingerprint density at radius 2 is 2.05 bits per heavy atom. The van der Waals surface area contributed by atoms with Gasteiger partial charge in [-0.2, -0.15) is 0 Å². The maximum atomic E-state index is 12.5. The zero-order chi connectivity index (χ0) is 13.4. The molecule has 1 aliphatic rings. The molecule has 0 fully saturated rings. The maximum Gasteiger partial charge on any atom is 0.317 e. The van der Waals surface area contributed by atoms with Crippen LogP contribution in [0.1, 0.15) is 28.7 Å².